The highest BCUT2D eigenvalue weighted by atomic mass is 19.4. The minimum Gasteiger partial charge on any atom is -0.478 e. The lowest BCUT2D eigenvalue weighted by molar-refractivity contribution is -0.136. The van der Waals surface area contributed by atoms with Gasteiger partial charge in [-0.25, -0.2) is 4.98 Å². The molecule has 1 aliphatic carbocycles. The van der Waals surface area contributed by atoms with Crippen LogP contribution in [0.2, 0.25) is 0 Å². The summed E-state index contributed by atoms with van der Waals surface area (Å²) in [6.45, 7) is 4.43. The van der Waals surface area contributed by atoms with Crippen molar-refractivity contribution in [3.8, 4) is 5.75 Å². The van der Waals surface area contributed by atoms with E-state index in [1.807, 2.05) is 11.8 Å². The van der Waals surface area contributed by atoms with Crippen LogP contribution < -0.4 is 4.74 Å². The molecular weight excluding hydrogens is 387 g/mol. The Morgan fingerprint density at radius 3 is 2.66 bits per heavy atom. The van der Waals surface area contributed by atoms with Crippen molar-refractivity contribution in [2.45, 2.75) is 69.5 Å². The minimum atomic E-state index is -4.55. The van der Waals surface area contributed by atoms with E-state index in [4.69, 9.17) is 4.74 Å². The maximum Gasteiger partial charge on any atom is 0.418 e. The molecular formula is C20H26F3N3O3. The Bertz CT molecular complexity index is 888. The molecule has 0 radical (unpaired) electrons. The lowest BCUT2D eigenvalue weighted by Gasteiger charge is -2.41. The summed E-state index contributed by atoms with van der Waals surface area (Å²) >= 11 is 0. The third kappa shape index (κ3) is 4.08. The largest absolute Gasteiger partial charge is 0.478 e. The van der Waals surface area contributed by atoms with E-state index in [0.29, 0.717) is 32.2 Å². The monoisotopic (exact) mass is 413 g/mol. The van der Waals surface area contributed by atoms with Gasteiger partial charge in [-0.1, -0.05) is 0 Å². The maximum atomic E-state index is 13.8. The van der Waals surface area contributed by atoms with Crippen LogP contribution in [-0.2, 0) is 6.18 Å². The number of aromatic nitrogens is 2. The highest BCUT2D eigenvalue weighted by Crippen LogP contribution is 2.45. The van der Waals surface area contributed by atoms with Crippen LogP contribution in [0, 0.1) is 0 Å². The molecule has 9 heteroatoms. The number of aliphatic hydroxyl groups is 2. The van der Waals surface area contributed by atoms with E-state index in [9.17, 15) is 23.4 Å². The van der Waals surface area contributed by atoms with E-state index in [-0.39, 0.29) is 41.7 Å². The zero-order chi connectivity index (χ0) is 21.0. The SMILES string of the molecule is CC1CC(O)CCN1COc1cc(C(F)(F)F)c2c(c1)ncn2C1CC(C)(O)C1. The van der Waals surface area contributed by atoms with Crippen LogP contribution in [0.3, 0.4) is 0 Å². The summed E-state index contributed by atoms with van der Waals surface area (Å²) in [6.07, 6.45) is -1.45. The van der Waals surface area contributed by atoms with Gasteiger partial charge in [-0.05, 0) is 45.6 Å². The average Bonchev–Trinajstić information content (AvgIpc) is 3.00. The summed E-state index contributed by atoms with van der Waals surface area (Å²) in [5.41, 5.74) is -1.37. The quantitative estimate of drug-likeness (QED) is 0.805. The molecule has 2 unspecified atom stereocenters. The first kappa shape index (κ1) is 20.4. The van der Waals surface area contributed by atoms with Crippen LogP contribution in [0.25, 0.3) is 11.0 Å². The van der Waals surface area contributed by atoms with Crippen molar-refractivity contribution in [2.24, 2.45) is 0 Å². The Morgan fingerprint density at radius 2 is 2.03 bits per heavy atom. The van der Waals surface area contributed by atoms with Crippen molar-refractivity contribution in [3.63, 3.8) is 0 Å². The number of hydrogen-bond donors (Lipinski definition) is 2. The summed E-state index contributed by atoms with van der Waals surface area (Å²) in [4.78, 5) is 6.18. The molecule has 2 N–H and O–H groups in total. The van der Waals surface area contributed by atoms with Gasteiger partial charge in [-0.2, -0.15) is 13.2 Å². The molecule has 160 valence electrons. The first-order valence-electron chi connectivity index (χ1n) is 9.88. The fraction of sp³-hybridized carbons (Fsp3) is 0.650. The normalized spacial score (nSPS) is 31.1. The van der Waals surface area contributed by atoms with E-state index in [1.54, 1.807) is 6.92 Å². The van der Waals surface area contributed by atoms with Gasteiger partial charge in [0.1, 0.15) is 12.5 Å². The highest BCUT2D eigenvalue weighted by molar-refractivity contribution is 5.82. The van der Waals surface area contributed by atoms with Crippen LogP contribution in [0.5, 0.6) is 5.75 Å². The molecule has 2 atom stereocenters. The third-order valence-corrected chi connectivity index (χ3v) is 6.08. The van der Waals surface area contributed by atoms with E-state index < -0.39 is 17.3 Å². The van der Waals surface area contributed by atoms with Gasteiger partial charge in [0.2, 0.25) is 0 Å². The minimum absolute atomic E-state index is 0.0276. The lowest BCUT2D eigenvalue weighted by Crippen LogP contribution is -2.44. The Balaban J connectivity index is 1.60. The van der Waals surface area contributed by atoms with Gasteiger partial charge in [-0.3, -0.25) is 4.90 Å². The molecule has 1 aliphatic heterocycles. The zero-order valence-corrected chi connectivity index (χ0v) is 16.5. The topological polar surface area (TPSA) is 70.8 Å². The zero-order valence-electron chi connectivity index (χ0n) is 16.5. The Hall–Kier alpha value is -1.84. The second-order valence-corrected chi connectivity index (χ2v) is 8.66. The van der Waals surface area contributed by atoms with E-state index >= 15 is 0 Å². The number of hydrogen-bond acceptors (Lipinski definition) is 5. The molecule has 6 nitrogen and oxygen atoms in total. The van der Waals surface area contributed by atoms with Gasteiger partial charge in [0.05, 0.1) is 34.6 Å². The van der Waals surface area contributed by atoms with E-state index in [1.165, 1.54) is 17.0 Å². The number of halogens is 3. The van der Waals surface area contributed by atoms with Gasteiger partial charge in [0.25, 0.3) is 0 Å². The van der Waals surface area contributed by atoms with Gasteiger partial charge >= 0.3 is 6.18 Å². The summed E-state index contributed by atoms with van der Waals surface area (Å²) in [6, 6.07) is 2.45. The van der Waals surface area contributed by atoms with Gasteiger partial charge in [0, 0.05) is 24.7 Å². The van der Waals surface area contributed by atoms with Crippen LogP contribution in [0.4, 0.5) is 13.2 Å². The van der Waals surface area contributed by atoms with Crippen molar-refractivity contribution in [2.75, 3.05) is 13.3 Å². The van der Waals surface area contributed by atoms with Gasteiger partial charge in [0.15, 0.2) is 0 Å². The lowest BCUT2D eigenvalue weighted by atomic mass is 9.77. The van der Waals surface area contributed by atoms with Crippen LogP contribution in [-0.4, -0.2) is 55.7 Å². The molecule has 0 amide bonds. The number of nitrogens with zero attached hydrogens (tertiary/aromatic N) is 3. The summed E-state index contributed by atoms with van der Waals surface area (Å²) in [5.74, 6) is 0.119. The van der Waals surface area contributed by atoms with Crippen molar-refractivity contribution >= 4 is 11.0 Å². The smallest absolute Gasteiger partial charge is 0.418 e. The molecule has 0 spiro atoms. The molecule has 2 fully saturated rings. The fourth-order valence-electron chi connectivity index (χ4n) is 4.42. The second kappa shape index (κ2) is 7.14. The predicted octanol–water partition coefficient (Wildman–Crippen LogP) is 3.32. The first-order valence-corrected chi connectivity index (χ1v) is 9.88. The molecule has 4 rings (SSSR count). The molecule has 1 aromatic carbocycles. The van der Waals surface area contributed by atoms with Crippen LogP contribution in [0.15, 0.2) is 18.5 Å². The Labute approximate surface area is 166 Å². The van der Waals surface area contributed by atoms with Gasteiger partial charge < -0.3 is 19.5 Å². The van der Waals surface area contributed by atoms with E-state index in [0.717, 1.165) is 6.07 Å². The average molecular weight is 413 g/mol. The van der Waals surface area contributed by atoms with Crippen LogP contribution in [0.1, 0.15) is 51.1 Å². The molecule has 1 saturated heterocycles. The second-order valence-electron chi connectivity index (χ2n) is 8.66. The van der Waals surface area contributed by atoms with Crippen molar-refractivity contribution in [3.05, 3.63) is 24.0 Å². The molecule has 2 heterocycles. The number of imidazole rings is 1. The number of aliphatic hydroxyl groups excluding tert-OH is 1. The standard InChI is InChI=1S/C20H26F3N3O3/c1-12-5-14(27)3-4-25(12)11-29-15-6-16(20(21,22)23)18-17(7-15)24-10-26(18)13-8-19(2,28)9-13/h6-7,10,12-14,27-28H,3-5,8-9,11H2,1-2H3. The third-order valence-electron chi connectivity index (χ3n) is 6.08. The number of fused-ring (bicyclic) bond motifs is 1. The molecule has 0 bridgehead atoms. The number of likely N-dealkylation sites (tertiary alicyclic amines) is 1. The number of ether oxygens (including phenoxy) is 1. The molecule has 1 aromatic heterocycles. The number of benzene rings is 1. The van der Waals surface area contributed by atoms with Crippen molar-refractivity contribution in [1.29, 1.82) is 0 Å². The van der Waals surface area contributed by atoms with Crippen molar-refractivity contribution < 1.29 is 28.1 Å². The molecule has 29 heavy (non-hydrogen) atoms. The Morgan fingerprint density at radius 1 is 1.31 bits per heavy atom. The molecule has 1 saturated carbocycles. The van der Waals surface area contributed by atoms with Crippen LogP contribution >= 0.6 is 0 Å². The fourth-order valence-corrected chi connectivity index (χ4v) is 4.42. The number of rotatable bonds is 4. The van der Waals surface area contributed by atoms with E-state index in [2.05, 4.69) is 4.98 Å². The predicted molar refractivity (Wildman–Crippen MR) is 101 cm³/mol. The Kier molecular flexibility index (Phi) is 5.03. The number of alkyl halides is 3. The van der Waals surface area contributed by atoms with Gasteiger partial charge in [-0.15, -0.1) is 0 Å². The molecule has 2 aliphatic rings. The number of piperidine rings is 1. The summed E-state index contributed by atoms with van der Waals surface area (Å²) in [7, 11) is 0. The highest BCUT2D eigenvalue weighted by Gasteiger charge is 2.42. The summed E-state index contributed by atoms with van der Waals surface area (Å²) < 4.78 is 48.6. The summed E-state index contributed by atoms with van der Waals surface area (Å²) in [5, 5.41) is 19.7. The van der Waals surface area contributed by atoms with Crippen molar-refractivity contribution in [1.82, 2.24) is 14.5 Å². The maximum absolute atomic E-state index is 13.8. The molecule has 2 aromatic rings. The first-order chi connectivity index (χ1) is 13.5.